The Hall–Kier alpha value is -3.77. The number of likely N-dealkylation sites (N-methyl/N-ethyl adjacent to an activating group) is 1. The Bertz CT molecular complexity index is 1380. The van der Waals surface area contributed by atoms with Gasteiger partial charge in [-0.05, 0) is 42.8 Å². The molecule has 0 saturated heterocycles. The van der Waals surface area contributed by atoms with Gasteiger partial charge in [0.15, 0.2) is 0 Å². The van der Waals surface area contributed by atoms with Gasteiger partial charge < -0.3 is 10.2 Å². The average Bonchev–Trinajstić information content (AvgIpc) is 2.90. The number of amides is 2. The van der Waals surface area contributed by atoms with Crippen molar-refractivity contribution >= 4 is 49.1 Å². The van der Waals surface area contributed by atoms with Gasteiger partial charge in [-0.3, -0.25) is 24.0 Å². The lowest BCUT2D eigenvalue weighted by atomic mass is 10.1. The van der Waals surface area contributed by atoms with Crippen LogP contribution in [0.25, 0.3) is 0 Å². The van der Waals surface area contributed by atoms with E-state index in [1.807, 2.05) is 0 Å². The molecule has 0 aliphatic carbocycles. The largest absolute Gasteiger partial charge is 0.357 e. The second-order valence-corrected chi connectivity index (χ2v) is 10.8. The van der Waals surface area contributed by atoms with E-state index in [9.17, 15) is 28.1 Å². The lowest BCUT2D eigenvalue weighted by Gasteiger charge is -2.31. The average molecular weight is 589 g/mol. The highest BCUT2D eigenvalue weighted by Gasteiger charge is 2.32. The van der Waals surface area contributed by atoms with Gasteiger partial charge in [0, 0.05) is 30.2 Å². The van der Waals surface area contributed by atoms with Gasteiger partial charge in [-0.15, -0.1) is 0 Å². The highest BCUT2D eigenvalue weighted by Crippen LogP contribution is 2.27. The van der Waals surface area contributed by atoms with E-state index < -0.39 is 39.3 Å². The Morgan fingerprint density at radius 2 is 1.68 bits per heavy atom. The van der Waals surface area contributed by atoms with Crippen molar-refractivity contribution in [3.05, 3.63) is 99.0 Å². The van der Waals surface area contributed by atoms with Crippen LogP contribution in [0, 0.1) is 10.1 Å². The lowest BCUT2D eigenvalue weighted by molar-refractivity contribution is -0.384. The van der Waals surface area contributed by atoms with Crippen LogP contribution in [0.15, 0.2) is 88.2 Å². The summed E-state index contributed by atoms with van der Waals surface area (Å²) in [5, 5.41) is 13.9. The van der Waals surface area contributed by atoms with E-state index in [2.05, 4.69) is 21.2 Å². The summed E-state index contributed by atoms with van der Waals surface area (Å²) >= 11 is 3.36. The van der Waals surface area contributed by atoms with Crippen molar-refractivity contribution in [1.82, 2.24) is 10.2 Å². The number of rotatable bonds is 10. The molecule has 0 fully saturated rings. The third-order valence-corrected chi connectivity index (χ3v) is 7.94. The molecule has 2 amide bonds. The molecule has 0 heterocycles. The number of halogens is 1. The summed E-state index contributed by atoms with van der Waals surface area (Å²) in [5.41, 5.74) is 0.339. The number of carbonyl (C=O) groups is 2. The number of nitro benzene ring substituents is 1. The molecule has 1 atom stereocenters. The van der Waals surface area contributed by atoms with Crippen molar-refractivity contribution in [3.63, 3.8) is 0 Å². The van der Waals surface area contributed by atoms with E-state index in [0.717, 1.165) is 20.4 Å². The Morgan fingerprint density at radius 1 is 1.03 bits per heavy atom. The molecular formula is C25H25BrN4O6S. The molecule has 3 aromatic carbocycles. The smallest absolute Gasteiger partial charge is 0.271 e. The summed E-state index contributed by atoms with van der Waals surface area (Å²) in [6, 6.07) is 18.7. The molecule has 0 aliphatic heterocycles. The zero-order chi connectivity index (χ0) is 27.2. The molecule has 0 aliphatic rings. The quantitative estimate of drug-likeness (QED) is 0.284. The predicted octanol–water partition coefficient (Wildman–Crippen LogP) is 3.72. The fourth-order valence-corrected chi connectivity index (χ4v) is 5.28. The number of non-ortho nitro benzene ring substituents is 1. The van der Waals surface area contributed by atoms with E-state index in [1.54, 1.807) is 37.3 Å². The number of hydrogen-bond donors (Lipinski definition) is 1. The minimum Gasteiger partial charge on any atom is -0.357 e. The van der Waals surface area contributed by atoms with Crippen LogP contribution in [0.4, 0.5) is 11.4 Å². The zero-order valence-electron chi connectivity index (χ0n) is 20.1. The maximum atomic E-state index is 13.7. The number of nitrogens with zero attached hydrogens (tertiary/aromatic N) is 3. The molecule has 0 spiro atoms. The normalized spacial score (nSPS) is 11.9. The fraction of sp³-hybridized carbons (Fsp3) is 0.200. The number of sulfonamides is 1. The van der Waals surface area contributed by atoms with E-state index in [0.29, 0.717) is 0 Å². The van der Waals surface area contributed by atoms with Crippen LogP contribution in [0.5, 0.6) is 0 Å². The summed E-state index contributed by atoms with van der Waals surface area (Å²) < 4.78 is 28.9. The first-order valence-electron chi connectivity index (χ1n) is 11.1. The van der Waals surface area contributed by atoms with Gasteiger partial charge in [0.05, 0.1) is 15.5 Å². The molecular weight excluding hydrogens is 564 g/mol. The molecule has 12 heteroatoms. The van der Waals surface area contributed by atoms with Crippen molar-refractivity contribution in [1.29, 1.82) is 0 Å². The third kappa shape index (κ3) is 6.71. The van der Waals surface area contributed by atoms with Crippen LogP contribution in [-0.2, 0) is 26.2 Å². The zero-order valence-corrected chi connectivity index (χ0v) is 22.5. The standard InChI is InChI=1S/C25H25BrN4O6S/c1-18(25(32)27-2)28(16-19-11-13-20(26)14-12-19)24(31)17-29(21-7-6-8-22(15-21)30(33)34)37(35,36)23-9-4-3-5-10-23/h3-15,18H,16-17H2,1-2H3,(H,27,32)/t18-/m0/s1. The first kappa shape index (κ1) is 27.8. The highest BCUT2D eigenvalue weighted by atomic mass is 79.9. The maximum absolute atomic E-state index is 13.7. The Kier molecular flexibility index (Phi) is 9.00. The fourth-order valence-electron chi connectivity index (χ4n) is 3.59. The number of nitrogens with one attached hydrogen (secondary N) is 1. The number of hydrogen-bond acceptors (Lipinski definition) is 6. The topological polar surface area (TPSA) is 130 Å². The summed E-state index contributed by atoms with van der Waals surface area (Å²) in [6.45, 7) is 0.893. The minimum absolute atomic E-state index is 0.0366. The first-order chi connectivity index (χ1) is 17.5. The van der Waals surface area contributed by atoms with Crippen molar-refractivity contribution in [2.24, 2.45) is 0 Å². The number of nitro groups is 1. The molecule has 3 rings (SSSR count). The molecule has 194 valence electrons. The molecule has 0 bridgehead atoms. The Morgan fingerprint density at radius 3 is 2.27 bits per heavy atom. The van der Waals surface area contributed by atoms with Gasteiger partial charge in [-0.2, -0.15) is 0 Å². The molecule has 0 aromatic heterocycles. The van der Waals surface area contributed by atoms with Gasteiger partial charge in [0.1, 0.15) is 12.6 Å². The van der Waals surface area contributed by atoms with Crippen molar-refractivity contribution in [3.8, 4) is 0 Å². The highest BCUT2D eigenvalue weighted by molar-refractivity contribution is 9.10. The van der Waals surface area contributed by atoms with Crippen LogP contribution in [-0.4, -0.2) is 49.7 Å². The second kappa shape index (κ2) is 12.0. The number of benzene rings is 3. The maximum Gasteiger partial charge on any atom is 0.271 e. The van der Waals surface area contributed by atoms with Crippen LogP contribution >= 0.6 is 15.9 Å². The monoisotopic (exact) mass is 588 g/mol. The summed E-state index contributed by atoms with van der Waals surface area (Å²) in [6.07, 6.45) is 0. The van der Waals surface area contributed by atoms with Gasteiger partial charge in [0.25, 0.3) is 15.7 Å². The lowest BCUT2D eigenvalue weighted by Crippen LogP contribution is -2.50. The predicted molar refractivity (Wildman–Crippen MR) is 142 cm³/mol. The van der Waals surface area contributed by atoms with Crippen molar-refractivity contribution < 1.29 is 22.9 Å². The van der Waals surface area contributed by atoms with E-state index in [-0.39, 0.29) is 22.8 Å². The number of carbonyl (C=O) groups excluding carboxylic acids is 2. The SMILES string of the molecule is CNC(=O)[C@H](C)N(Cc1ccc(Br)cc1)C(=O)CN(c1cccc([N+](=O)[O-])c1)S(=O)(=O)c1ccccc1. The summed E-state index contributed by atoms with van der Waals surface area (Å²) in [7, 11) is -2.86. The molecule has 0 unspecified atom stereocenters. The number of anilines is 1. The van der Waals surface area contributed by atoms with Crippen molar-refractivity contribution in [2.45, 2.75) is 24.4 Å². The Labute approximate surface area is 223 Å². The molecule has 37 heavy (non-hydrogen) atoms. The third-order valence-electron chi connectivity index (χ3n) is 5.62. The van der Waals surface area contributed by atoms with E-state index in [4.69, 9.17) is 0 Å². The van der Waals surface area contributed by atoms with Crippen LogP contribution in [0.1, 0.15) is 12.5 Å². The van der Waals surface area contributed by atoms with Crippen LogP contribution in [0.3, 0.4) is 0 Å². The van der Waals surface area contributed by atoms with Crippen LogP contribution < -0.4 is 9.62 Å². The van der Waals surface area contributed by atoms with E-state index in [1.165, 1.54) is 54.4 Å². The van der Waals surface area contributed by atoms with E-state index >= 15 is 0 Å². The van der Waals surface area contributed by atoms with Crippen molar-refractivity contribution in [2.75, 3.05) is 17.9 Å². The molecule has 0 radical (unpaired) electrons. The second-order valence-electron chi connectivity index (χ2n) is 8.04. The van der Waals surface area contributed by atoms with Crippen LogP contribution in [0.2, 0.25) is 0 Å². The minimum atomic E-state index is -4.30. The molecule has 3 aromatic rings. The van der Waals surface area contributed by atoms with Gasteiger partial charge in [0.2, 0.25) is 11.8 Å². The van der Waals surface area contributed by atoms with Gasteiger partial charge >= 0.3 is 0 Å². The molecule has 1 N–H and O–H groups in total. The Balaban J connectivity index is 2.06. The summed E-state index contributed by atoms with van der Waals surface area (Å²) in [5.74, 6) is -1.09. The summed E-state index contributed by atoms with van der Waals surface area (Å²) in [4.78, 5) is 38.0. The molecule has 0 saturated carbocycles. The molecule has 10 nitrogen and oxygen atoms in total. The first-order valence-corrected chi connectivity index (χ1v) is 13.4. The van der Waals surface area contributed by atoms with Gasteiger partial charge in [-0.1, -0.05) is 52.3 Å². The van der Waals surface area contributed by atoms with Gasteiger partial charge in [-0.25, -0.2) is 8.42 Å².